The molecule has 1 unspecified atom stereocenters. The van der Waals surface area contributed by atoms with Crippen LogP contribution in [-0.2, 0) is 9.59 Å². The van der Waals surface area contributed by atoms with E-state index in [4.69, 9.17) is 11.6 Å². The van der Waals surface area contributed by atoms with E-state index in [2.05, 4.69) is 20.8 Å². The number of fused-ring (bicyclic) bond motifs is 1. The van der Waals surface area contributed by atoms with E-state index in [0.717, 1.165) is 0 Å². The molecule has 2 aromatic carbocycles. The fraction of sp³-hybridized carbons (Fsp3) is 0.190. The number of halogens is 3. The number of nitrogens with zero attached hydrogens (tertiary/aromatic N) is 1. The molecule has 1 atom stereocenters. The van der Waals surface area contributed by atoms with E-state index in [-0.39, 0.29) is 35.0 Å². The first-order valence-corrected chi connectivity index (χ1v) is 9.56. The number of aromatic amines is 1. The highest BCUT2D eigenvalue weighted by atomic mass is 35.5. The normalized spacial score (nSPS) is 16.7. The van der Waals surface area contributed by atoms with Gasteiger partial charge in [0.1, 0.15) is 11.6 Å². The Hall–Kier alpha value is -3.26. The molecule has 0 fully saturated rings. The van der Waals surface area contributed by atoms with Crippen molar-refractivity contribution in [2.75, 3.05) is 5.32 Å². The topological polar surface area (TPSA) is 86.9 Å². The van der Waals surface area contributed by atoms with Gasteiger partial charge in [-0.3, -0.25) is 14.7 Å². The van der Waals surface area contributed by atoms with E-state index in [9.17, 15) is 18.4 Å². The summed E-state index contributed by atoms with van der Waals surface area (Å²) in [6, 6.07) is 6.95. The number of aromatic nitrogens is 2. The Bertz CT molecular complexity index is 1200. The van der Waals surface area contributed by atoms with Crippen molar-refractivity contribution in [3.63, 3.8) is 0 Å². The molecule has 4 rings (SSSR count). The quantitative estimate of drug-likeness (QED) is 0.573. The second-order valence-corrected chi connectivity index (χ2v) is 7.57. The predicted octanol–water partition coefficient (Wildman–Crippen LogP) is 4.40. The van der Waals surface area contributed by atoms with E-state index in [1.54, 1.807) is 6.92 Å². The van der Waals surface area contributed by atoms with Crippen LogP contribution in [0.4, 0.5) is 14.5 Å². The molecule has 154 valence electrons. The summed E-state index contributed by atoms with van der Waals surface area (Å²) in [4.78, 5) is 24.7. The maximum atomic E-state index is 14.5. The van der Waals surface area contributed by atoms with E-state index < -0.39 is 23.5 Å². The van der Waals surface area contributed by atoms with E-state index in [1.807, 2.05) is 0 Å². The fourth-order valence-electron chi connectivity index (χ4n) is 3.68. The summed E-state index contributed by atoms with van der Waals surface area (Å²) < 4.78 is 28.8. The average molecular weight is 431 g/mol. The Morgan fingerprint density at radius 1 is 1.27 bits per heavy atom. The number of allylic oxidation sites excluding steroid dienone is 1. The van der Waals surface area contributed by atoms with Crippen LogP contribution >= 0.6 is 11.6 Å². The second-order valence-electron chi connectivity index (χ2n) is 7.14. The standard InChI is InChI=1S/C21H17ClF2N4O2/c1-10-14(15(7-20(29)26-10)13-3-2-12(22)5-16(13)23)6-21(30)27-19-4-11-9-25-28-18(11)8-17(19)24/h2-5,8-9,15H,6-7H2,1H3,(H,25,28)(H,26,29)(H,27,30). The molecule has 0 saturated heterocycles. The van der Waals surface area contributed by atoms with Gasteiger partial charge in [-0.05, 0) is 36.3 Å². The summed E-state index contributed by atoms with van der Waals surface area (Å²) in [6.45, 7) is 1.65. The summed E-state index contributed by atoms with van der Waals surface area (Å²) >= 11 is 5.83. The summed E-state index contributed by atoms with van der Waals surface area (Å²) in [6.07, 6.45) is 1.38. The van der Waals surface area contributed by atoms with E-state index in [0.29, 0.717) is 22.2 Å². The molecule has 0 spiro atoms. The zero-order chi connectivity index (χ0) is 21.4. The Morgan fingerprint density at radius 3 is 2.83 bits per heavy atom. The van der Waals surface area contributed by atoms with Crippen molar-refractivity contribution >= 4 is 40.0 Å². The Balaban J connectivity index is 1.61. The molecule has 6 nitrogen and oxygen atoms in total. The number of anilines is 1. The highest BCUT2D eigenvalue weighted by molar-refractivity contribution is 6.30. The van der Waals surface area contributed by atoms with Crippen LogP contribution in [0.15, 0.2) is 47.8 Å². The van der Waals surface area contributed by atoms with Crippen LogP contribution in [0.3, 0.4) is 0 Å². The van der Waals surface area contributed by atoms with Gasteiger partial charge in [0.25, 0.3) is 0 Å². The Morgan fingerprint density at radius 2 is 2.07 bits per heavy atom. The lowest BCUT2D eigenvalue weighted by atomic mass is 9.82. The zero-order valence-corrected chi connectivity index (χ0v) is 16.6. The number of carbonyl (C=O) groups excluding carboxylic acids is 2. The number of H-pyrrole nitrogens is 1. The largest absolute Gasteiger partial charge is 0.330 e. The van der Waals surface area contributed by atoms with Crippen LogP contribution in [0.25, 0.3) is 10.9 Å². The van der Waals surface area contributed by atoms with Crippen molar-refractivity contribution in [3.05, 3.63) is 70.0 Å². The van der Waals surface area contributed by atoms with Gasteiger partial charge in [-0.2, -0.15) is 5.10 Å². The molecule has 1 aliphatic rings. The SMILES string of the molecule is CC1=C(CC(=O)Nc2cc3cn[nH]c3cc2F)C(c2ccc(Cl)cc2F)CC(=O)N1. The lowest BCUT2D eigenvalue weighted by molar-refractivity contribution is -0.121. The van der Waals surface area contributed by atoms with Crippen molar-refractivity contribution in [3.8, 4) is 0 Å². The molecule has 0 radical (unpaired) electrons. The summed E-state index contributed by atoms with van der Waals surface area (Å²) in [5.74, 6) is -2.54. The third-order valence-corrected chi connectivity index (χ3v) is 5.34. The molecule has 3 N–H and O–H groups in total. The second kappa shape index (κ2) is 7.87. The minimum absolute atomic E-state index is 0.00611. The van der Waals surface area contributed by atoms with Gasteiger partial charge in [0.2, 0.25) is 11.8 Å². The van der Waals surface area contributed by atoms with Crippen LogP contribution in [0.2, 0.25) is 5.02 Å². The lowest BCUT2D eigenvalue weighted by Crippen LogP contribution is -2.32. The maximum absolute atomic E-state index is 14.5. The monoisotopic (exact) mass is 430 g/mol. The predicted molar refractivity (Wildman–Crippen MR) is 109 cm³/mol. The van der Waals surface area contributed by atoms with Crippen LogP contribution in [0.1, 0.15) is 31.2 Å². The number of hydrogen-bond donors (Lipinski definition) is 3. The summed E-state index contributed by atoms with van der Waals surface area (Å²) in [5.41, 5.74) is 1.84. The number of hydrogen-bond acceptors (Lipinski definition) is 3. The van der Waals surface area contributed by atoms with Crippen LogP contribution in [0.5, 0.6) is 0 Å². The molecule has 30 heavy (non-hydrogen) atoms. The fourth-order valence-corrected chi connectivity index (χ4v) is 3.83. The summed E-state index contributed by atoms with van der Waals surface area (Å²) in [7, 11) is 0. The third kappa shape index (κ3) is 3.91. The molecule has 0 saturated carbocycles. The zero-order valence-electron chi connectivity index (χ0n) is 15.9. The molecular weight excluding hydrogens is 414 g/mol. The number of amides is 2. The first-order valence-electron chi connectivity index (χ1n) is 9.18. The first kappa shape index (κ1) is 20.0. The maximum Gasteiger partial charge on any atom is 0.228 e. The number of rotatable bonds is 4. The highest BCUT2D eigenvalue weighted by Crippen LogP contribution is 2.37. The molecule has 1 aliphatic heterocycles. The molecule has 0 aliphatic carbocycles. The van der Waals surface area contributed by atoms with Crippen molar-refractivity contribution < 1.29 is 18.4 Å². The van der Waals surface area contributed by atoms with Crippen LogP contribution in [-0.4, -0.2) is 22.0 Å². The van der Waals surface area contributed by atoms with Gasteiger partial charge in [-0.25, -0.2) is 8.78 Å². The van der Waals surface area contributed by atoms with Gasteiger partial charge >= 0.3 is 0 Å². The third-order valence-electron chi connectivity index (χ3n) is 5.11. The lowest BCUT2D eigenvalue weighted by Gasteiger charge is -2.28. The van der Waals surface area contributed by atoms with E-state index >= 15 is 0 Å². The minimum atomic E-state index is -0.622. The van der Waals surface area contributed by atoms with Gasteiger partial charge in [0, 0.05) is 34.5 Å². The Kier molecular flexibility index (Phi) is 5.26. The van der Waals surface area contributed by atoms with Crippen molar-refractivity contribution in [1.29, 1.82) is 0 Å². The van der Waals surface area contributed by atoms with Crippen molar-refractivity contribution in [2.24, 2.45) is 0 Å². The minimum Gasteiger partial charge on any atom is -0.330 e. The van der Waals surface area contributed by atoms with Crippen molar-refractivity contribution in [1.82, 2.24) is 15.5 Å². The molecule has 0 bridgehead atoms. The summed E-state index contributed by atoms with van der Waals surface area (Å²) in [5, 5.41) is 12.6. The van der Waals surface area contributed by atoms with Gasteiger partial charge in [0.15, 0.2) is 0 Å². The smallest absolute Gasteiger partial charge is 0.228 e. The first-order chi connectivity index (χ1) is 14.3. The van der Waals surface area contributed by atoms with Gasteiger partial charge in [-0.1, -0.05) is 17.7 Å². The van der Waals surface area contributed by atoms with Gasteiger partial charge in [-0.15, -0.1) is 0 Å². The van der Waals surface area contributed by atoms with Gasteiger partial charge in [0.05, 0.1) is 23.8 Å². The molecule has 2 amide bonds. The van der Waals surface area contributed by atoms with E-state index in [1.165, 1.54) is 36.5 Å². The molecule has 9 heteroatoms. The molecule has 2 heterocycles. The molecular formula is C21H17ClF2N4O2. The number of carbonyl (C=O) groups is 2. The van der Waals surface area contributed by atoms with Crippen LogP contribution < -0.4 is 10.6 Å². The highest BCUT2D eigenvalue weighted by Gasteiger charge is 2.30. The Labute approximate surface area is 175 Å². The molecule has 3 aromatic rings. The van der Waals surface area contributed by atoms with Gasteiger partial charge < -0.3 is 10.6 Å². The number of nitrogens with one attached hydrogen (secondary N) is 3. The molecule has 1 aromatic heterocycles. The number of benzene rings is 2. The van der Waals surface area contributed by atoms with Crippen molar-refractivity contribution in [2.45, 2.75) is 25.7 Å². The average Bonchev–Trinajstić information content (AvgIpc) is 3.11. The van der Waals surface area contributed by atoms with Crippen LogP contribution in [0, 0.1) is 11.6 Å².